The fourth-order valence-electron chi connectivity index (χ4n) is 2.76. The maximum atomic E-state index is 12.7. The predicted molar refractivity (Wildman–Crippen MR) is 97.0 cm³/mol. The molecule has 0 spiro atoms. The van der Waals surface area contributed by atoms with Gasteiger partial charge in [-0.2, -0.15) is 10.4 Å². The Hall–Kier alpha value is -2.83. The van der Waals surface area contributed by atoms with Crippen LogP contribution in [-0.4, -0.2) is 34.9 Å². The largest absolute Gasteiger partial charge is 0.396 e. The smallest absolute Gasteiger partial charge is 0.265 e. The van der Waals surface area contributed by atoms with Crippen LogP contribution in [0.5, 0.6) is 0 Å². The average molecular weight is 373 g/mol. The van der Waals surface area contributed by atoms with Crippen LogP contribution < -0.4 is 4.72 Å². The first-order valence-corrected chi connectivity index (χ1v) is 9.51. The Morgan fingerprint density at radius 1 is 1.46 bits per heavy atom. The van der Waals surface area contributed by atoms with Gasteiger partial charge in [0.1, 0.15) is 11.0 Å². The fraction of sp³-hybridized carbons (Fsp3) is 0.294. The fourth-order valence-corrected chi connectivity index (χ4v) is 3.78. The van der Waals surface area contributed by atoms with Crippen molar-refractivity contribution < 1.29 is 13.5 Å². The minimum atomic E-state index is -3.84. The zero-order valence-electron chi connectivity index (χ0n) is 14.4. The number of nitrogens with zero attached hydrogens (tertiary/aromatic N) is 3. The van der Waals surface area contributed by atoms with Crippen molar-refractivity contribution in [1.82, 2.24) is 14.8 Å². The number of rotatable bonds is 6. The van der Waals surface area contributed by atoms with E-state index in [0.29, 0.717) is 28.7 Å². The number of aliphatic hydroxyl groups is 1. The van der Waals surface area contributed by atoms with E-state index in [0.717, 1.165) is 5.56 Å². The molecule has 0 radical (unpaired) electrons. The van der Waals surface area contributed by atoms with Crippen LogP contribution in [0.2, 0.25) is 0 Å². The van der Waals surface area contributed by atoms with Gasteiger partial charge in [0.15, 0.2) is 0 Å². The molecule has 136 valence electrons. The number of H-pyrrole nitrogens is 1. The molecule has 3 N–H and O–H groups in total. The van der Waals surface area contributed by atoms with Gasteiger partial charge in [-0.1, -0.05) is 13.0 Å². The van der Waals surface area contributed by atoms with Gasteiger partial charge < -0.3 is 10.1 Å². The van der Waals surface area contributed by atoms with Crippen LogP contribution in [0.15, 0.2) is 35.6 Å². The molecule has 9 heteroatoms. The molecular weight excluding hydrogens is 354 g/mol. The van der Waals surface area contributed by atoms with Crippen LogP contribution in [0.3, 0.4) is 0 Å². The predicted octanol–water partition coefficient (Wildman–Crippen LogP) is 1.97. The van der Waals surface area contributed by atoms with Crippen molar-refractivity contribution in [3.63, 3.8) is 0 Å². The van der Waals surface area contributed by atoms with Crippen LogP contribution in [0.25, 0.3) is 10.9 Å². The third kappa shape index (κ3) is 3.29. The number of benzene rings is 1. The molecule has 0 aliphatic carbocycles. The van der Waals surface area contributed by atoms with E-state index in [4.69, 9.17) is 5.11 Å². The highest BCUT2D eigenvalue weighted by molar-refractivity contribution is 7.92. The first-order valence-electron chi connectivity index (χ1n) is 8.02. The van der Waals surface area contributed by atoms with Gasteiger partial charge in [0.25, 0.3) is 10.0 Å². The van der Waals surface area contributed by atoms with E-state index in [9.17, 15) is 13.7 Å². The first-order chi connectivity index (χ1) is 12.4. The number of nitriles is 1. The maximum Gasteiger partial charge on any atom is 0.265 e. The van der Waals surface area contributed by atoms with Gasteiger partial charge in [-0.15, -0.1) is 0 Å². The molecule has 26 heavy (non-hydrogen) atoms. The van der Waals surface area contributed by atoms with Crippen molar-refractivity contribution >= 4 is 26.6 Å². The van der Waals surface area contributed by atoms with Crippen molar-refractivity contribution in [1.29, 1.82) is 5.26 Å². The highest BCUT2D eigenvalue weighted by Crippen LogP contribution is 2.29. The quantitative estimate of drug-likeness (QED) is 0.609. The van der Waals surface area contributed by atoms with Gasteiger partial charge >= 0.3 is 0 Å². The summed E-state index contributed by atoms with van der Waals surface area (Å²) >= 11 is 0. The molecule has 0 fully saturated rings. The highest BCUT2D eigenvalue weighted by atomic mass is 32.2. The third-order valence-electron chi connectivity index (χ3n) is 4.14. The molecule has 0 saturated carbocycles. The van der Waals surface area contributed by atoms with Crippen molar-refractivity contribution in [2.24, 2.45) is 5.92 Å². The van der Waals surface area contributed by atoms with E-state index in [-0.39, 0.29) is 17.4 Å². The number of aromatic nitrogens is 3. The minimum Gasteiger partial charge on any atom is -0.396 e. The Balaban J connectivity index is 1.94. The lowest BCUT2D eigenvalue weighted by molar-refractivity contribution is 0.219. The number of anilines is 1. The molecular formula is C17H19N5O3S. The van der Waals surface area contributed by atoms with Crippen LogP contribution in [0, 0.1) is 24.2 Å². The van der Waals surface area contributed by atoms with E-state index in [1.165, 1.54) is 17.1 Å². The molecule has 3 rings (SSSR count). The summed E-state index contributed by atoms with van der Waals surface area (Å²) < 4.78 is 29.4. The maximum absolute atomic E-state index is 12.7. The van der Waals surface area contributed by atoms with Gasteiger partial charge in [0.05, 0.1) is 23.0 Å². The second-order valence-corrected chi connectivity index (χ2v) is 7.97. The Kier molecular flexibility index (Phi) is 4.71. The van der Waals surface area contributed by atoms with Crippen LogP contribution in [-0.2, 0) is 16.6 Å². The van der Waals surface area contributed by atoms with Gasteiger partial charge in [0.2, 0.25) is 0 Å². The van der Waals surface area contributed by atoms with Crippen LogP contribution >= 0.6 is 0 Å². The average Bonchev–Trinajstić information content (AvgIpc) is 3.24. The Bertz CT molecular complexity index is 1090. The summed E-state index contributed by atoms with van der Waals surface area (Å²) in [5.41, 5.74) is 2.27. The summed E-state index contributed by atoms with van der Waals surface area (Å²) in [4.78, 5) is 2.99. The molecule has 2 heterocycles. The van der Waals surface area contributed by atoms with E-state index in [1.807, 2.05) is 13.8 Å². The first kappa shape index (κ1) is 18.0. The molecule has 0 aliphatic heterocycles. The lowest BCUT2D eigenvalue weighted by Gasteiger charge is -2.09. The van der Waals surface area contributed by atoms with Crippen molar-refractivity contribution in [2.45, 2.75) is 25.3 Å². The van der Waals surface area contributed by atoms with Crippen molar-refractivity contribution in [3.05, 3.63) is 41.9 Å². The lowest BCUT2D eigenvalue weighted by atomic mass is 10.1. The summed E-state index contributed by atoms with van der Waals surface area (Å²) in [6.07, 6.45) is 4.26. The number of hydrogen-bond acceptors (Lipinski definition) is 5. The summed E-state index contributed by atoms with van der Waals surface area (Å²) in [6.45, 7) is 4.12. The standard InChI is InChI=1S/C17H19N5O3S/c1-11(10-23)8-22-9-14(7-20-22)26(24,25)21-15-4-3-12(2)16-13(5-18)6-19-17(15)16/h3-4,6-7,9,11,19,21,23H,8,10H2,1-2H3. The molecule has 0 amide bonds. The number of aliphatic hydroxyl groups excluding tert-OH is 1. The SMILES string of the molecule is Cc1ccc(NS(=O)(=O)c2cnn(CC(C)CO)c2)c2[nH]cc(C#N)c12. The number of aryl methyl sites for hydroxylation is 1. The third-order valence-corrected chi connectivity index (χ3v) is 5.46. The van der Waals surface area contributed by atoms with Gasteiger partial charge in [0, 0.05) is 30.9 Å². The number of aromatic amines is 1. The number of sulfonamides is 1. The number of fused-ring (bicyclic) bond motifs is 1. The van der Waals surface area contributed by atoms with Gasteiger partial charge in [-0.25, -0.2) is 8.42 Å². The summed E-state index contributed by atoms with van der Waals surface area (Å²) in [7, 11) is -3.84. The Morgan fingerprint density at radius 2 is 2.23 bits per heavy atom. The summed E-state index contributed by atoms with van der Waals surface area (Å²) in [5.74, 6) is -0.0292. The van der Waals surface area contributed by atoms with E-state index in [2.05, 4.69) is 20.9 Å². The normalized spacial score (nSPS) is 12.8. The minimum absolute atomic E-state index is 0.00437. The van der Waals surface area contributed by atoms with E-state index >= 15 is 0 Å². The summed E-state index contributed by atoms with van der Waals surface area (Å²) in [5, 5.41) is 23.0. The molecule has 0 bridgehead atoms. The second kappa shape index (κ2) is 6.82. The summed E-state index contributed by atoms with van der Waals surface area (Å²) in [6, 6.07) is 5.52. The zero-order chi connectivity index (χ0) is 18.9. The second-order valence-electron chi connectivity index (χ2n) is 6.29. The topological polar surface area (TPSA) is 124 Å². The van der Waals surface area contributed by atoms with Gasteiger partial charge in [-0.05, 0) is 24.5 Å². The van der Waals surface area contributed by atoms with Crippen LogP contribution in [0.4, 0.5) is 5.69 Å². The molecule has 1 aromatic carbocycles. The Labute approximate surface area is 151 Å². The van der Waals surface area contributed by atoms with Gasteiger partial charge in [-0.3, -0.25) is 9.40 Å². The van der Waals surface area contributed by atoms with Crippen molar-refractivity contribution in [2.75, 3.05) is 11.3 Å². The monoisotopic (exact) mass is 373 g/mol. The lowest BCUT2D eigenvalue weighted by Crippen LogP contribution is -2.13. The van der Waals surface area contributed by atoms with E-state index < -0.39 is 10.0 Å². The number of nitrogens with one attached hydrogen (secondary N) is 2. The molecule has 3 aromatic rings. The molecule has 8 nitrogen and oxygen atoms in total. The highest BCUT2D eigenvalue weighted by Gasteiger charge is 2.20. The van der Waals surface area contributed by atoms with Crippen molar-refractivity contribution in [3.8, 4) is 6.07 Å². The zero-order valence-corrected chi connectivity index (χ0v) is 15.2. The molecule has 2 aromatic heterocycles. The number of hydrogen-bond donors (Lipinski definition) is 3. The van der Waals surface area contributed by atoms with E-state index in [1.54, 1.807) is 18.3 Å². The molecule has 1 unspecified atom stereocenters. The van der Waals surface area contributed by atoms with Crippen LogP contribution in [0.1, 0.15) is 18.1 Å². The molecule has 0 saturated heterocycles. The molecule has 0 aliphatic rings. The molecule has 1 atom stereocenters. The Morgan fingerprint density at radius 3 is 2.92 bits per heavy atom.